The zero-order valence-electron chi connectivity index (χ0n) is 13.2. The molecule has 3 atom stereocenters. The quantitative estimate of drug-likeness (QED) is 0.773. The van der Waals surface area contributed by atoms with Crippen molar-refractivity contribution < 1.29 is 4.74 Å². The van der Waals surface area contributed by atoms with Crippen LogP contribution < -0.4 is 0 Å². The lowest BCUT2D eigenvalue weighted by atomic mass is 9.83. The van der Waals surface area contributed by atoms with E-state index >= 15 is 0 Å². The summed E-state index contributed by atoms with van der Waals surface area (Å²) >= 11 is 0. The molecule has 2 fully saturated rings. The first-order valence-electron chi connectivity index (χ1n) is 8.42. The molecule has 20 heavy (non-hydrogen) atoms. The number of rotatable bonds is 5. The summed E-state index contributed by atoms with van der Waals surface area (Å²) in [7, 11) is 0. The first-order valence-corrected chi connectivity index (χ1v) is 8.42. The molecule has 2 aliphatic heterocycles. The Bertz CT molecular complexity index is 319. The molecule has 0 radical (unpaired) electrons. The minimum atomic E-state index is 0.263. The molecule has 2 saturated heterocycles. The first-order chi connectivity index (χ1) is 9.70. The van der Waals surface area contributed by atoms with Gasteiger partial charge in [0.1, 0.15) is 0 Å². The maximum Gasteiger partial charge on any atom is 0.0669 e. The number of nitrogens with zero attached hydrogens (tertiary/aromatic N) is 2. The van der Waals surface area contributed by atoms with Crippen LogP contribution in [-0.4, -0.2) is 37.2 Å². The van der Waals surface area contributed by atoms with E-state index in [2.05, 4.69) is 24.8 Å². The number of ether oxygens (including phenoxy) is 1. The molecule has 114 valence electrons. The SMILES string of the molecule is CC(CCC(C)N1CCCC(C#N)C1)C1CCOCC1. The van der Waals surface area contributed by atoms with E-state index in [0.717, 1.165) is 38.0 Å². The van der Waals surface area contributed by atoms with Gasteiger partial charge in [0.25, 0.3) is 0 Å². The molecule has 0 aromatic carbocycles. The van der Waals surface area contributed by atoms with Gasteiger partial charge in [0.05, 0.1) is 12.0 Å². The molecule has 3 nitrogen and oxygen atoms in total. The predicted octanol–water partition coefficient (Wildman–Crippen LogP) is 3.45. The van der Waals surface area contributed by atoms with E-state index in [1.54, 1.807) is 0 Å². The third-order valence-corrected chi connectivity index (χ3v) is 5.37. The lowest BCUT2D eigenvalue weighted by Gasteiger charge is -2.35. The van der Waals surface area contributed by atoms with Crippen LogP contribution >= 0.6 is 0 Å². The van der Waals surface area contributed by atoms with Crippen molar-refractivity contribution in [1.29, 1.82) is 5.26 Å². The summed E-state index contributed by atoms with van der Waals surface area (Å²) in [5.74, 6) is 1.95. The second-order valence-electron chi connectivity index (χ2n) is 6.82. The molecule has 0 bridgehead atoms. The normalized spacial score (nSPS) is 28.8. The molecule has 2 heterocycles. The maximum absolute atomic E-state index is 9.09. The average molecular weight is 278 g/mol. The van der Waals surface area contributed by atoms with E-state index < -0.39 is 0 Å². The highest BCUT2D eigenvalue weighted by Gasteiger charge is 2.25. The Morgan fingerprint density at radius 1 is 1.20 bits per heavy atom. The van der Waals surface area contributed by atoms with Gasteiger partial charge < -0.3 is 4.74 Å². The number of piperidine rings is 1. The molecule has 3 unspecified atom stereocenters. The second kappa shape index (κ2) is 8.00. The van der Waals surface area contributed by atoms with Crippen molar-refractivity contribution in [2.24, 2.45) is 17.8 Å². The Kier molecular flexibility index (Phi) is 6.32. The van der Waals surface area contributed by atoms with E-state index in [1.807, 2.05) is 0 Å². The molecule has 2 aliphatic rings. The van der Waals surface area contributed by atoms with Crippen LogP contribution in [0, 0.1) is 29.1 Å². The van der Waals surface area contributed by atoms with Crippen molar-refractivity contribution in [2.45, 2.75) is 58.4 Å². The van der Waals surface area contributed by atoms with E-state index in [4.69, 9.17) is 10.00 Å². The van der Waals surface area contributed by atoms with Gasteiger partial charge in [-0.05, 0) is 63.8 Å². The molecule has 3 heteroatoms. The van der Waals surface area contributed by atoms with Crippen LogP contribution in [0.1, 0.15) is 52.4 Å². The molecular weight excluding hydrogens is 248 g/mol. The molecule has 2 rings (SSSR count). The molecule has 0 saturated carbocycles. The van der Waals surface area contributed by atoms with Crippen LogP contribution in [0.2, 0.25) is 0 Å². The molecule has 0 spiro atoms. The highest BCUT2D eigenvalue weighted by molar-refractivity contribution is 4.89. The summed E-state index contributed by atoms with van der Waals surface area (Å²) < 4.78 is 5.46. The van der Waals surface area contributed by atoms with Crippen LogP contribution in [0.25, 0.3) is 0 Å². The van der Waals surface area contributed by atoms with Crippen molar-refractivity contribution in [1.82, 2.24) is 4.90 Å². The summed E-state index contributed by atoms with van der Waals surface area (Å²) in [4.78, 5) is 2.54. The van der Waals surface area contributed by atoms with Crippen molar-refractivity contribution in [3.8, 4) is 6.07 Å². The fourth-order valence-corrected chi connectivity index (χ4v) is 3.72. The zero-order valence-corrected chi connectivity index (χ0v) is 13.2. The van der Waals surface area contributed by atoms with Crippen molar-refractivity contribution in [3.05, 3.63) is 0 Å². The lowest BCUT2D eigenvalue weighted by molar-refractivity contribution is 0.0455. The summed E-state index contributed by atoms with van der Waals surface area (Å²) in [6.07, 6.45) is 7.37. The average Bonchev–Trinajstić information content (AvgIpc) is 2.53. The fraction of sp³-hybridized carbons (Fsp3) is 0.941. The van der Waals surface area contributed by atoms with Gasteiger partial charge in [-0.3, -0.25) is 4.90 Å². The second-order valence-corrected chi connectivity index (χ2v) is 6.82. The summed E-state index contributed by atoms with van der Waals surface area (Å²) in [5, 5.41) is 9.09. The number of likely N-dealkylation sites (tertiary alicyclic amines) is 1. The number of nitriles is 1. The van der Waals surface area contributed by atoms with E-state index in [1.165, 1.54) is 38.6 Å². The zero-order chi connectivity index (χ0) is 14.4. The lowest BCUT2D eigenvalue weighted by Crippen LogP contribution is -2.41. The molecule has 0 amide bonds. The molecular formula is C17H30N2O. The first kappa shape index (κ1) is 15.8. The van der Waals surface area contributed by atoms with Crippen LogP contribution in [0.5, 0.6) is 0 Å². The van der Waals surface area contributed by atoms with Crippen molar-refractivity contribution >= 4 is 0 Å². The van der Waals surface area contributed by atoms with Gasteiger partial charge in [-0.1, -0.05) is 6.92 Å². The van der Waals surface area contributed by atoms with Crippen LogP contribution in [0.4, 0.5) is 0 Å². The highest BCUT2D eigenvalue weighted by atomic mass is 16.5. The number of hydrogen-bond donors (Lipinski definition) is 0. The van der Waals surface area contributed by atoms with E-state index in [-0.39, 0.29) is 5.92 Å². The monoisotopic (exact) mass is 278 g/mol. The Labute approximate surface area is 124 Å². The molecule has 0 N–H and O–H groups in total. The Hall–Kier alpha value is -0.590. The smallest absolute Gasteiger partial charge is 0.0669 e. The van der Waals surface area contributed by atoms with Crippen LogP contribution in [-0.2, 0) is 4.74 Å². The molecule has 0 aliphatic carbocycles. The van der Waals surface area contributed by atoms with Gasteiger partial charge in [-0.25, -0.2) is 0 Å². The standard InChI is InChI=1S/C17H30N2O/c1-14(17-7-10-20-11-8-17)5-6-15(2)19-9-3-4-16(12-18)13-19/h14-17H,3-11,13H2,1-2H3. The topological polar surface area (TPSA) is 36.3 Å². The Balaban J connectivity index is 1.71. The summed E-state index contributed by atoms with van der Waals surface area (Å²) in [5.41, 5.74) is 0. The Morgan fingerprint density at radius 2 is 1.95 bits per heavy atom. The fourth-order valence-electron chi connectivity index (χ4n) is 3.72. The van der Waals surface area contributed by atoms with E-state index in [0.29, 0.717) is 6.04 Å². The molecule has 0 aromatic rings. The van der Waals surface area contributed by atoms with Crippen LogP contribution in [0.15, 0.2) is 0 Å². The Morgan fingerprint density at radius 3 is 2.65 bits per heavy atom. The third-order valence-electron chi connectivity index (χ3n) is 5.37. The van der Waals surface area contributed by atoms with Crippen molar-refractivity contribution in [3.63, 3.8) is 0 Å². The minimum Gasteiger partial charge on any atom is -0.381 e. The van der Waals surface area contributed by atoms with E-state index in [9.17, 15) is 0 Å². The van der Waals surface area contributed by atoms with Gasteiger partial charge in [0.15, 0.2) is 0 Å². The van der Waals surface area contributed by atoms with Crippen molar-refractivity contribution in [2.75, 3.05) is 26.3 Å². The highest BCUT2D eigenvalue weighted by Crippen LogP contribution is 2.28. The minimum absolute atomic E-state index is 0.263. The maximum atomic E-state index is 9.09. The van der Waals surface area contributed by atoms with Gasteiger partial charge in [0, 0.05) is 25.8 Å². The van der Waals surface area contributed by atoms with Gasteiger partial charge in [-0.2, -0.15) is 5.26 Å². The third kappa shape index (κ3) is 4.46. The van der Waals surface area contributed by atoms with Gasteiger partial charge >= 0.3 is 0 Å². The van der Waals surface area contributed by atoms with Gasteiger partial charge in [-0.15, -0.1) is 0 Å². The van der Waals surface area contributed by atoms with Gasteiger partial charge in [0.2, 0.25) is 0 Å². The number of hydrogen-bond acceptors (Lipinski definition) is 3. The largest absolute Gasteiger partial charge is 0.381 e. The predicted molar refractivity (Wildman–Crippen MR) is 81.3 cm³/mol. The summed E-state index contributed by atoms with van der Waals surface area (Å²) in [6.45, 7) is 8.85. The summed E-state index contributed by atoms with van der Waals surface area (Å²) in [6, 6.07) is 3.08. The van der Waals surface area contributed by atoms with Crippen LogP contribution in [0.3, 0.4) is 0 Å². The molecule has 0 aromatic heterocycles.